The van der Waals surface area contributed by atoms with Crippen LogP contribution in [0.5, 0.6) is 0 Å². The molecule has 1 unspecified atom stereocenters. The van der Waals surface area contributed by atoms with E-state index in [2.05, 4.69) is 25.4 Å². The Morgan fingerprint density at radius 2 is 1.50 bits per heavy atom. The van der Waals surface area contributed by atoms with Crippen molar-refractivity contribution >= 4 is 11.8 Å². The van der Waals surface area contributed by atoms with Gasteiger partial charge in [0.15, 0.2) is 0 Å². The molecule has 18 heavy (non-hydrogen) atoms. The van der Waals surface area contributed by atoms with Crippen molar-refractivity contribution in [2.75, 3.05) is 18.6 Å². The van der Waals surface area contributed by atoms with E-state index in [1.807, 2.05) is 11.8 Å². The first-order valence-electron chi connectivity index (χ1n) is 8.07. The molecule has 0 aliphatic rings. The van der Waals surface area contributed by atoms with Crippen LogP contribution in [-0.4, -0.2) is 24.6 Å². The van der Waals surface area contributed by atoms with Crippen LogP contribution in [0.1, 0.15) is 78.1 Å². The lowest BCUT2D eigenvalue weighted by atomic mass is 10.0. The normalized spacial score (nSPS) is 12.8. The molecule has 0 amide bonds. The van der Waals surface area contributed by atoms with Crippen LogP contribution in [0.15, 0.2) is 0 Å². The van der Waals surface area contributed by atoms with E-state index in [0.717, 1.165) is 6.04 Å². The van der Waals surface area contributed by atoms with Gasteiger partial charge in [-0.3, -0.25) is 0 Å². The molecule has 0 bridgehead atoms. The average molecular weight is 274 g/mol. The highest BCUT2D eigenvalue weighted by molar-refractivity contribution is 7.98. The zero-order valence-electron chi connectivity index (χ0n) is 13.0. The smallest absolute Gasteiger partial charge is 0.00749 e. The van der Waals surface area contributed by atoms with Gasteiger partial charge in [0.25, 0.3) is 0 Å². The Morgan fingerprint density at radius 1 is 0.833 bits per heavy atom. The fourth-order valence-corrected chi connectivity index (χ4v) is 2.83. The second-order valence-electron chi connectivity index (χ2n) is 5.34. The van der Waals surface area contributed by atoms with Gasteiger partial charge in [0.05, 0.1) is 0 Å². The van der Waals surface area contributed by atoms with E-state index >= 15 is 0 Å². The van der Waals surface area contributed by atoms with Gasteiger partial charge in [-0.25, -0.2) is 0 Å². The van der Waals surface area contributed by atoms with Crippen LogP contribution in [0.3, 0.4) is 0 Å². The largest absolute Gasteiger partial charge is 0.314 e. The summed E-state index contributed by atoms with van der Waals surface area (Å²) in [6, 6.07) is 0.771. The highest BCUT2D eigenvalue weighted by atomic mass is 32.2. The topological polar surface area (TPSA) is 12.0 Å². The summed E-state index contributed by atoms with van der Waals surface area (Å²) in [5, 5.41) is 3.70. The number of hydrogen-bond donors (Lipinski definition) is 1. The third kappa shape index (κ3) is 12.8. The molecule has 0 radical (unpaired) electrons. The van der Waals surface area contributed by atoms with Crippen molar-refractivity contribution in [3.05, 3.63) is 0 Å². The third-order valence-corrected chi connectivity index (χ3v) is 4.15. The molecular formula is C16H35NS. The number of rotatable bonds is 14. The lowest BCUT2D eigenvalue weighted by Gasteiger charge is -2.18. The Morgan fingerprint density at radius 3 is 2.11 bits per heavy atom. The monoisotopic (exact) mass is 273 g/mol. The maximum absolute atomic E-state index is 3.70. The van der Waals surface area contributed by atoms with E-state index in [0.29, 0.717) is 0 Å². The van der Waals surface area contributed by atoms with Crippen LogP contribution in [0.4, 0.5) is 0 Å². The van der Waals surface area contributed by atoms with Crippen molar-refractivity contribution in [1.82, 2.24) is 5.32 Å². The number of thioether (sulfide) groups is 1. The highest BCUT2D eigenvalue weighted by Gasteiger charge is 2.06. The van der Waals surface area contributed by atoms with Gasteiger partial charge in [-0.15, -0.1) is 0 Å². The molecule has 0 heterocycles. The van der Waals surface area contributed by atoms with E-state index in [1.165, 1.54) is 76.5 Å². The van der Waals surface area contributed by atoms with Crippen molar-refractivity contribution in [3.63, 3.8) is 0 Å². The fraction of sp³-hybridized carbons (Fsp3) is 1.00. The van der Waals surface area contributed by atoms with Crippen LogP contribution < -0.4 is 5.32 Å². The van der Waals surface area contributed by atoms with Crippen molar-refractivity contribution in [1.29, 1.82) is 0 Å². The molecule has 0 fully saturated rings. The van der Waals surface area contributed by atoms with Gasteiger partial charge in [-0.2, -0.15) is 11.8 Å². The Labute approximate surface area is 120 Å². The molecular weight excluding hydrogens is 238 g/mol. The molecule has 0 saturated carbocycles. The maximum Gasteiger partial charge on any atom is 0.00749 e. The molecule has 1 atom stereocenters. The summed E-state index contributed by atoms with van der Waals surface area (Å²) in [6.45, 7) is 5.73. The summed E-state index contributed by atoms with van der Waals surface area (Å²) in [5.74, 6) is 1.30. The van der Waals surface area contributed by atoms with Crippen molar-refractivity contribution in [3.8, 4) is 0 Å². The Hall–Kier alpha value is 0.310. The number of hydrogen-bond acceptors (Lipinski definition) is 2. The Kier molecular flexibility index (Phi) is 15.6. The second kappa shape index (κ2) is 15.4. The fourth-order valence-electron chi connectivity index (χ4n) is 2.30. The average Bonchev–Trinajstić information content (AvgIpc) is 2.40. The molecule has 0 aliphatic carbocycles. The lowest BCUT2D eigenvalue weighted by Crippen LogP contribution is -2.30. The Balaban J connectivity index is 3.43. The van der Waals surface area contributed by atoms with Crippen LogP contribution in [-0.2, 0) is 0 Å². The molecule has 0 saturated heterocycles. The van der Waals surface area contributed by atoms with Gasteiger partial charge >= 0.3 is 0 Å². The minimum atomic E-state index is 0.771. The summed E-state index contributed by atoms with van der Waals surface area (Å²) in [7, 11) is 0. The van der Waals surface area contributed by atoms with Gasteiger partial charge in [-0.05, 0) is 37.8 Å². The summed E-state index contributed by atoms with van der Waals surface area (Å²) in [4.78, 5) is 0. The zero-order valence-corrected chi connectivity index (χ0v) is 13.8. The lowest BCUT2D eigenvalue weighted by molar-refractivity contribution is 0.444. The second-order valence-corrected chi connectivity index (χ2v) is 6.33. The van der Waals surface area contributed by atoms with E-state index in [-0.39, 0.29) is 0 Å². The van der Waals surface area contributed by atoms with Gasteiger partial charge in [0.2, 0.25) is 0 Å². The maximum atomic E-state index is 3.70. The minimum Gasteiger partial charge on any atom is -0.314 e. The highest BCUT2D eigenvalue weighted by Crippen LogP contribution is 2.12. The van der Waals surface area contributed by atoms with Crippen LogP contribution in [0, 0.1) is 0 Å². The van der Waals surface area contributed by atoms with Crippen molar-refractivity contribution in [2.24, 2.45) is 0 Å². The zero-order chi connectivity index (χ0) is 13.5. The van der Waals surface area contributed by atoms with Gasteiger partial charge in [-0.1, -0.05) is 58.8 Å². The third-order valence-electron chi connectivity index (χ3n) is 3.51. The molecule has 110 valence electrons. The summed E-state index contributed by atoms with van der Waals surface area (Å²) in [6.07, 6.45) is 16.2. The quantitative estimate of drug-likeness (QED) is 0.434. The molecule has 0 aromatic carbocycles. The standard InChI is InChI=1S/C16H35NS/c1-4-6-7-8-9-10-11-12-16(13-15-18-3)17-14-5-2/h16-17H,4-15H2,1-3H3. The van der Waals surface area contributed by atoms with E-state index < -0.39 is 0 Å². The molecule has 0 rings (SSSR count). The molecule has 2 heteroatoms. The first kappa shape index (κ1) is 18.3. The van der Waals surface area contributed by atoms with E-state index in [9.17, 15) is 0 Å². The summed E-state index contributed by atoms with van der Waals surface area (Å²) in [5.41, 5.74) is 0. The van der Waals surface area contributed by atoms with Crippen LogP contribution in [0.2, 0.25) is 0 Å². The summed E-state index contributed by atoms with van der Waals surface area (Å²) < 4.78 is 0. The predicted octanol–water partition coefficient (Wildman–Crippen LogP) is 5.25. The molecule has 0 aliphatic heterocycles. The predicted molar refractivity (Wildman–Crippen MR) is 87.7 cm³/mol. The molecule has 0 aromatic rings. The van der Waals surface area contributed by atoms with Crippen LogP contribution >= 0.6 is 11.8 Å². The van der Waals surface area contributed by atoms with Gasteiger partial charge < -0.3 is 5.32 Å². The summed E-state index contributed by atoms with van der Waals surface area (Å²) >= 11 is 1.98. The molecule has 1 nitrogen and oxygen atoms in total. The first-order chi connectivity index (χ1) is 8.85. The number of unbranched alkanes of at least 4 members (excludes halogenated alkanes) is 6. The van der Waals surface area contributed by atoms with Crippen LogP contribution in [0.25, 0.3) is 0 Å². The molecule has 0 spiro atoms. The van der Waals surface area contributed by atoms with Gasteiger partial charge in [0.1, 0.15) is 0 Å². The van der Waals surface area contributed by atoms with Crippen molar-refractivity contribution < 1.29 is 0 Å². The molecule has 1 N–H and O–H groups in total. The minimum absolute atomic E-state index is 0.771. The Bertz CT molecular complexity index is 142. The van der Waals surface area contributed by atoms with Crippen molar-refractivity contribution in [2.45, 2.75) is 84.1 Å². The SMILES string of the molecule is CCCCCCCCCC(CCSC)NCCC. The van der Waals surface area contributed by atoms with Gasteiger partial charge in [0, 0.05) is 6.04 Å². The van der Waals surface area contributed by atoms with E-state index in [1.54, 1.807) is 0 Å². The van der Waals surface area contributed by atoms with E-state index in [4.69, 9.17) is 0 Å². The first-order valence-corrected chi connectivity index (χ1v) is 9.46. The molecule has 0 aromatic heterocycles. The number of nitrogens with one attached hydrogen (secondary N) is 1.